The summed E-state index contributed by atoms with van der Waals surface area (Å²) in [7, 11) is 0. The molecular formula is C13H25N. The number of nitrogens with one attached hydrogen (secondary N) is 1. The molecule has 2 rings (SSSR count). The monoisotopic (exact) mass is 195 g/mol. The Morgan fingerprint density at radius 2 is 2.07 bits per heavy atom. The molecule has 2 bridgehead atoms. The van der Waals surface area contributed by atoms with E-state index in [4.69, 9.17) is 0 Å². The number of hydrogen-bond donors (Lipinski definition) is 1. The zero-order chi connectivity index (χ0) is 9.97. The summed E-state index contributed by atoms with van der Waals surface area (Å²) >= 11 is 0. The molecule has 0 spiro atoms. The smallest absolute Gasteiger partial charge is 0.00178 e. The van der Waals surface area contributed by atoms with Gasteiger partial charge in [0.2, 0.25) is 0 Å². The summed E-state index contributed by atoms with van der Waals surface area (Å²) in [6, 6.07) is 0. The van der Waals surface area contributed by atoms with Crippen LogP contribution < -0.4 is 5.32 Å². The molecule has 1 N–H and O–H groups in total. The molecule has 3 unspecified atom stereocenters. The molecular weight excluding hydrogens is 170 g/mol. The van der Waals surface area contributed by atoms with E-state index in [0.717, 1.165) is 23.7 Å². The minimum atomic E-state index is 0.850. The molecule has 2 fully saturated rings. The molecule has 1 nitrogen and oxygen atoms in total. The fraction of sp³-hybridized carbons (Fsp3) is 1.00. The molecule has 82 valence electrons. The van der Waals surface area contributed by atoms with Gasteiger partial charge in [0, 0.05) is 0 Å². The molecule has 0 radical (unpaired) electrons. The summed E-state index contributed by atoms with van der Waals surface area (Å²) in [4.78, 5) is 0. The maximum absolute atomic E-state index is 3.64. The Balaban J connectivity index is 1.58. The lowest BCUT2D eigenvalue weighted by atomic mass is 9.89. The Labute approximate surface area is 88.7 Å². The normalized spacial score (nSPS) is 35.8. The van der Waals surface area contributed by atoms with Crippen LogP contribution in [-0.2, 0) is 0 Å². The predicted octanol–water partition coefficient (Wildman–Crippen LogP) is 3.06. The highest BCUT2D eigenvalue weighted by molar-refractivity contribution is 4.90. The highest BCUT2D eigenvalue weighted by Crippen LogP contribution is 2.47. The molecule has 0 aromatic heterocycles. The quantitative estimate of drug-likeness (QED) is 0.665. The third kappa shape index (κ3) is 2.50. The van der Waals surface area contributed by atoms with E-state index >= 15 is 0 Å². The van der Waals surface area contributed by atoms with Crippen molar-refractivity contribution in [3.8, 4) is 0 Å². The molecule has 2 aliphatic carbocycles. The molecule has 2 aliphatic rings. The standard InChI is InChI=1S/C13H25N/c1-10(2)5-6-14-9-13-8-11-3-4-12(13)7-11/h10-14H,3-9H2,1-2H3. The van der Waals surface area contributed by atoms with Crippen molar-refractivity contribution in [3.63, 3.8) is 0 Å². The summed E-state index contributed by atoms with van der Waals surface area (Å²) < 4.78 is 0. The van der Waals surface area contributed by atoms with Crippen molar-refractivity contribution in [1.29, 1.82) is 0 Å². The molecule has 0 aromatic carbocycles. The van der Waals surface area contributed by atoms with Crippen LogP contribution >= 0.6 is 0 Å². The van der Waals surface area contributed by atoms with E-state index in [-0.39, 0.29) is 0 Å². The number of rotatable bonds is 5. The molecule has 1 heteroatoms. The summed E-state index contributed by atoms with van der Waals surface area (Å²) in [6.07, 6.45) is 7.48. The van der Waals surface area contributed by atoms with Crippen LogP contribution in [-0.4, -0.2) is 13.1 Å². The van der Waals surface area contributed by atoms with Crippen LogP contribution in [0.1, 0.15) is 46.0 Å². The average Bonchev–Trinajstić information content (AvgIpc) is 2.73. The first-order chi connectivity index (χ1) is 6.75. The molecule has 0 saturated heterocycles. The van der Waals surface area contributed by atoms with Crippen LogP contribution in [0.3, 0.4) is 0 Å². The van der Waals surface area contributed by atoms with Crippen LogP contribution in [0, 0.1) is 23.7 Å². The highest BCUT2D eigenvalue weighted by atomic mass is 14.9. The van der Waals surface area contributed by atoms with Gasteiger partial charge in [-0.1, -0.05) is 20.3 Å². The van der Waals surface area contributed by atoms with E-state index in [1.54, 1.807) is 6.42 Å². The topological polar surface area (TPSA) is 12.0 Å². The van der Waals surface area contributed by atoms with E-state index < -0.39 is 0 Å². The van der Waals surface area contributed by atoms with Gasteiger partial charge in [-0.25, -0.2) is 0 Å². The minimum Gasteiger partial charge on any atom is -0.316 e. The second kappa shape index (κ2) is 4.65. The summed E-state index contributed by atoms with van der Waals surface area (Å²) in [6.45, 7) is 7.14. The second-order valence-corrected chi connectivity index (χ2v) is 5.82. The Morgan fingerprint density at radius 1 is 1.21 bits per heavy atom. The first kappa shape index (κ1) is 10.5. The van der Waals surface area contributed by atoms with Gasteiger partial charge in [0.05, 0.1) is 0 Å². The first-order valence-corrected chi connectivity index (χ1v) is 6.46. The van der Waals surface area contributed by atoms with Gasteiger partial charge < -0.3 is 5.32 Å². The fourth-order valence-corrected chi connectivity index (χ4v) is 3.30. The van der Waals surface area contributed by atoms with Crippen molar-refractivity contribution in [2.24, 2.45) is 23.7 Å². The predicted molar refractivity (Wildman–Crippen MR) is 61.3 cm³/mol. The fourth-order valence-electron chi connectivity index (χ4n) is 3.30. The zero-order valence-corrected chi connectivity index (χ0v) is 9.76. The van der Waals surface area contributed by atoms with E-state index in [2.05, 4.69) is 19.2 Å². The van der Waals surface area contributed by atoms with Gasteiger partial charge in [0.15, 0.2) is 0 Å². The molecule has 2 saturated carbocycles. The first-order valence-electron chi connectivity index (χ1n) is 6.46. The van der Waals surface area contributed by atoms with E-state index in [1.807, 2.05) is 0 Å². The lowest BCUT2D eigenvalue weighted by Crippen LogP contribution is -2.27. The highest BCUT2D eigenvalue weighted by Gasteiger charge is 2.38. The molecule has 14 heavy (non-hydrogen) atoms. The Bertz CT molecular complexity index is 176. The molecule has 0 aliphatic heterocycles. The molecule has 3 atom stereocenters. The SMILES string of the molecule is CC(C)CCNCC1CC2CCC1C2. The Hall–Kier alpha value is -0.0400. The molecule has 0 amide bonds. The lowest BCUT2D eigenvalue weighted by Gasteiger charge is -2.22. The third-order valence-corrected chi connectivity index (χ3v) is 4.19. The van der Waals surface area contributed by atoms with Crippen LogP contribution in [0.15, 0.2) is 0 Å². The van der Waals surface area contributed by atoms with Gasteiger partial charge >= 0.3 is 0 Å². The van der Waals surface area contributed by atoms with Gasteiger partial charge in [-0.05, 0) is 62.4 Å². The van der Waals surface area contributed by atoms with Crippen molar-refractivity contribution in [1.82, 2.24) is 5.32 Å². The van der Waals surface area contributed by atoms with Crippen LogP contribution in [0.2, 0.25) is 0 Å². The van der Waals surface area contributed by atoms with Crippen LogP contribution in [0.25, 0.3) is 0 Å². The summed E-state index contributed by atoms with van der Waals surface area (Å²) in [5, 5.41) is 3.64. The summed E-state index contributed by atoms with van der Waals surface area (Å²) in [5.41, 5.74) is 0. The van der Waals surface area contributed by atoms with Crippen LogP contribution in [0.4, 0.5) is 0 Å². The van der Waals surface area contributed by atoms with Gasteiger partial charge in [-0.2, -0.15) is 0 Å². The van der Waals surface area contributed by atoms with Gasteiger partial charge in [0.1, 0.15) is 0 Å². The van der Waals surface area contributed by atoms with Crippen molar-refractivity contribution in [2.75, 3.05) is 13.1 Å². The van der Waals surface area contributed by atoms with Crippen molar-refractivity contribution >= 4 is 0 Å². The largest absolute Gasteiger partial charge is 0.316 e. The lowest BCUT2D eigenvalue weighted by molar-refractivity contribution is 0.316. The Kier molecular flexibility index (Phi) is 3.48. The van der Waals surface area contributed by atoms with Crippen LogP contribution in [0.5, 0.6) is 0 Å². The minimum absolute atomic E-state index is 0.850. The van der Waals surface area contributed by atoms with Gasteiger partial charge in [-0.3, -0.25) is 0 Å². The van der Waals surface area contributed by atoms with E-state index in [1.165, 1.54) is 38.8 Å². The Morgan fingerprint density at radius 3 is 2.64 bits per heavy atom. The molecule has 0 heterocycles. The maximum atomic E-state index is 3.64. The van der Waals surface area contributed by atoms with E-state index in [0.29, 0.717) is 0 Å². The second-order valence-electron chi connectivity index (χ2n) is 5.82. The number of fused-ring (bicyclic) bond motifs is 2. The van der Waals surface area contributed by atoms with Crippen molar-refractivity contribution in [2.45, 2.75) is 46.0 Å². The average molecular weight is 195 g/mol. The van der Waals surface area contributed by atoms with Gasteiger partial charge in [-0.15, -0.1) is 0 Å². The zero-order valence-electron chi connectivity index (χ0n) is 9.76. The summed E-state index contributed by atoms with van der Waals surface area (Å²) in [5.74, 6) is 4.08. The van der Waals surface area contributed by atoms with Gasteiger partial charge in [0.25, 0.3) is 0 Å². The third-order valence-electron chi connectivity index (χ3n) is 4.19. The van der Waals surface area contributed by atoms with Crippen molar-refractivity contribution in [3.05, 3.63) is 0 Å². The maximum Gasteiger partial charge on any atom is -0.00178 e. The van der Waals surface area contributed by atoms with E-state index in [9.17, 15) is 0 Å². The number of hydrogen-bond acceptors (Lipinski definition) is 1. The van der Waals surface area contributed by atoms with Crippen molar-refractivity contribution < 1.29 is 0 Å². The molecule has 0 aromatic rings.